The number of ketones is 1. The standard InChI is InChI=1S/C12H10O3S/c1-7(13)8-4-3-5-10-11(8)9(6-16-10)12(14)15-2/h3-6H,1-2H3. The summed E-state index contributed by atoms with van der Waals surface area (Å²) in [5, 5.41) is 2.43. The summed E-state index contributed by atoms with van der Waals surface area (Å²) < 4.78 is 5.62. The summed E-state index contributed by atoms with van der Waals surface area (Å²) in [7, 11) is 1.34. The largest absolute Gasteiger partial charge is 0.465 e. The smallest absolute Gasteiger partial charge is 0.339 e. The van der Waals surface area contributed by atoms with Crippen LogP contribution in [0, 0.1) is 0 Å². The highest BCUT2D eigenvalue weighted by Gasteiger charge is 2.17. The maximum Gasteiger partial charge on any atom is 0.339 e. The fourth-order valence-electron chi connectivity index (χ4n) is 1.64. The lowest BCUT2D eigenvalue weighted by Crippen LogP contribution is -2.02. The van der Waals surface area contributed by atoms with E-state index in [0.717, 1.165) is 4.70 Å². The fourth-order valence-corrected chi connectivity index (χ4v) is 2.60. The predicted octanol–water partition coefficient (Wildman–Crippen LogP) is 2.89. The lowest BCUT2D eigenvalue weighted by atomic mass is 10.0. The second-order valence-corrected chi connectivity index (χ2v) is 4.29. The van der Waals surface area contributed by atoms with Gasteiger partial charge in [0.15, 0.2) is 5.78 Å². The van der Waals surface area contributed by atoms with Crippen molar-refractivity contribution >= 4 is 33.2 Å². The molecular formula is C12H10O3S. The average Bonchev–Trinajstić information content (AvgIpc) is 2.71. The maximum absolute atomic E-state index is 11.5. The van der Waals surface area contributed by atoms with Crippen LogP contribution in [0.3, 0.4) is 0 Å². The molecule has 2 rings (SSSR count). The van der Waals surface area contributed by atoms with Crippen LogP contribution in [0.5, 0.6) is 0 Å². The Morgan fingerprint density at radius 2 is 2.00 bits per heavy atom. The molecule has 0 saturated carbocycles. The molecule has 1 heterocycles. The summed E-state index contributed by atoms with van der Waals surface area (Å²) in [6.07, 6.45) is 0. The number of Topliss-reactive ketones (excluding diaryl/α,β-unsaturated/α-hetero) is 1. The van der Waals surface area contributed by atoms with E-state index >= 15 is 0 Å². The third-order valence-corrected chi connectivity index (χ3v) is 3.33. The number of carbonyl (C=O) groups is 2. The van der Waals surface area contributed by atoms with E-state index in [1.54, 1.807) is 11.4 Å². The van der Waals surface area contributed by atoms with Crippen molar-refractivity contribution in [3.63, 3.8) is 0 Å². The number of fused-ring (bicyclic) bond motifs is 1. The molecule has 82 valence electrons. The van der Waals surface area contributed by atoms with Crippen LogP contribution in [0.1, 0.15) is 27.6 Å². The highest BCUT2D eigenvalue weighted by molar-refractivity contribution is 7.17. The molecule has 0 atom stereocenters. The Hall–Kier alpha value is -1.68. The predicted molar refractivity (Wildman–Crippen MR) is 63.2 cm³/mol. The number of methoxy groups -OCH3 is 1. The molecule has 0 radical (unpaired) electrons. The first-order chi connectivity index (χ1) is 7.65. The molecule has 0 spiro atoms. The van der Waals surface area contributed by atoms with Gasteiger partial charge in [0.05, 0.1) is 12.7 Å². The van der Waals surface area contributed by atoms with Crippen LogP contribution < -0.4 is 0 Å². The van der Waals surface area contributed by atoms with E-state index in [-0.39, 0.29) is 5.78 Å². The van der Waals surface area contributed by atoms with E-state index < -0.39 is 5.97 Å². The van der Waals surface area contributed by atoms with E-state index in [1.165, 1.54) is 25.4 Å². The van der Waals surface area contributed by atoms with Gasteiger partial charge in [-0.15, -0.1) is 11.3 Å². The zero-order valence-electron chi connectivity index (χ0n) is 8.94. The van der Waals surface area contributed by atoms with E-state index in [4.69, 9.17) is 4.74 Å². The summed E-state index contributed by atoms with van der Waals surface area (Å²) in [6, 6.07) is 5.43. The zero-order valence-corrected chi connectivity index (χ0v) is 9.76. The van der Waals surface area contributed by atoms with Crippen LogP contribution in [0.2, 0.25) is 0 Å². The molecule has 0 N–H and O–H groups in total. The van der Waals surface area contributed by atoms with Crippen molar-refractivity contribution in [2.45, 2.75) is 6.92 Å². The molecular weight excluding hydrogens is 224 g/mol. The van der Waals surface area contributed by atoms with Gasteiger partial charge in [-0.25, -0.2) is 4.79 Å². The monoisotopic (exact) mass is 234 g/mol. The molecule has 0 bridgehead atoms. The first kappa shape index (κ1) is 10.8. The Labute approximate surface area is 96.6 Å². The van der Waals surface area contributed by atoms with Gasteiger partial charge < -0.3 is 4.74 Å². The van der Waals surface area contributed by atoms with Crippen LogP contribution in [-0.2, 0) is 4.74 Å². The van der Waals surface area contributed by atoms with Crippen LogP contribution in [0.4, 0.5) is 0 Å². The molecule has 1 aromatic heterocycles. The van der Waals surface area contributed by atoms with Gasteiger partial charge in [0, 0.05) is 21.0 Å². The summed E-state index contributed by atoms with van der Waals surface area (Å²) in [5.41, 5.74) is 1.03. The van der Waals surface area contributed by atoms with Crippen molar-refractivity contribution in [2.75, 3.05) is 7.11 Å². The van der Waals surface area contributed by atoms with Gasteiger partial charge in [-0.1, -0.05) is 12.1 Å². The molecule has 0 amide bonds. The zero-order chi connectivity index (χ0) is 11.7. The minimum atomic E-state index is -0.403. The number of carbonyl (C=O) groups excluding carboxylic acids is 2. The normalized spacial score (nSPS) is 10.4. The van der Waals surface area contributed by atoms with Crippen LogP contribution in [0.15, 0.2) is 23.6 Å². The molecule has 4 heteroatoms. The van der Waals surface area contributed by atoms with Crippen molar-refractivity contribution in [1.29, 1.82) is 0 Å². The number of rotatable bonds is 2. The van der Waals surface area contributed by atoms with Gasteiger partial charge in [-0.3, -0.25) is 4.79 Å². The Bertz CT molecular complexity index is 569. The van der Waals surface area contributed by atoms with E-state index in [0.29, 0.717) is 16.5 Å². The molecule has 3 nitrogen and oxygen atoms in total. The first-order valence-electron chi connectivity index (χ1n) is 4.74. The SMILES string of the molecule is COC(=O)c1csc2cccc(C(C)=O)c12. The molecule has 2 aromatic rings. The number of ether oxygens (including phenoxy) is 1. The van der Waals surface area contributed by atoms with Crippen molar-refractivity contribution in [1.82, 2.24) is 0 Å². The summed E-state index contributed by atoms with van der Waals surface area (Å²) in [6.45, 7) is 1.49. The Morgan fingerprint density at radius 1 is 1.25 bits per heavy atom. The van der Waals surface area contributed by atoms with Crippen molar-refractivity contribution in [3.05, 3.63) is 34.7 Å². The fraction of sp³-hybridized carbons (Fsp3) is 0.167. The number of benzene rings is 1. The van der Waals surface area contributed by atoms with Crippen molar-refractivity contribution < 1.29 is 14.3 Å². The molecule has 16 heavy (non-hydrogen) atoms. The Balaban J connectivity index is 2.77. The third kappa shape index (κ3) is 1.61. The van der Waals surface area contributed by atoms with E-state index in [2.05, 4.69) is 0 Å². The van der Waals surface area contributed by atoms with E-state index in [1.807, 2.05) is 12.1 Å². The number of esters is 1. The molecule has 0 aliphatic rings. The maximum atomic E-state index is 11.5. The lowest BCUT2D eigenvalue weighted by molar-refractivity contribution is 0.0603. The van der Waals surface area contributed by atoms with Crippen molar-refractivity contribution in [3.8, 4) is 0 Å². The minimum Gasteiger partial charge on any atom is -0.465 e. The lowest BCUT2D eigenvalue weighted by Gasteiger charge is -2.01. The van der Waals surface area contributed by atoms with Gasteiger partial charge in [0.1, 0.15) is 0 Å². The molecule has 1 aromatic carbocycles. The highest BCUT2D eigenvalue weighted by atomic mass is 32.1. The first-order valence-corrected chi connectivity index (χ1v) is 5.62. The van der Waals surface area contributed by atoms with Crippen LogP contribution in [-0.4, -0.2) is 18.9 Å². The van der Waals surface area contributed by atoms with Gasteiger partial charge in [0.25, 0.3) is 0 Å². The van der Waals surface area contributed by atoms with Crippen LogP contribution in [0.25, 0.3) is 10.1 Å². The molecule has 0 fully saturated rings. The van der Waals surface area contributed by atoms with Crippen LogP contribution >= 0.6 is 11.3 Å². The quantitative estimate of drug-likeness (QED) is 0.592. The number of hydrogen-bond donors (Lipinski definition) is 0. The minimum absolute atomic E-state index is 0.0471. The van der Waals surface area contributed by atoms with Gasteiger partial charge in [-0.2, -0.15) is 0 Å². The number of thiophene rings is 1. The highest BCUT2D eigenvalue weighted by Crippen LogP contribution is 2.29. The number of hydrogen-bond acceptors (Lipinski definition) is 4. The van der Waals surface area contributed by atoms with Gasteiger partial charge in [-0.05, 0) is 13.0 Å². The topological polar surface area (TPSA) is 43.4 Å². The average molecular weight is 234 g/mol. The van der Waals surface area contributed by atoms with E-state index in [9.17, 15) is 9.59 Å². The van der Waals surface area contributed by atoms with Crippen molar-refractivity contribution in [2.24, 2.45) is 0 Å². The van der Waals surface area contributed by atoms with Gasteiger partial charge in [0.2, 0.25) is 0 Å². The second-order valence-electron chi connectivity index (χ2n) is 3.38. The summed E-state index contributed by atoms with van der Waals surface area (Å²) >= 11 is 1.44. The molecule has 0 aliphatic carbocycles. The van der Waals surface area contributed by atoms with Gasteiger partial charge >= 0.3 is 5.97 Å². The second kappa shape index (κ2) is 4.06. The third-order valence-electron chi connectivity index (χ3n) is 2.38. The summed E-state index contributed by atoms with van der Waals surface area (Å²) in [5.74, 6) is -0.450. The Kier molecular flexibility index (Phi) is 2.75. The molecule has 0 saturated heterocycles. The summed E-state index contributed by atoms with van der Waals surface area (Å²) in [4.78, 5) is 23.0. The Morgan fingerprint density at radius 3 is 2.62 bits per heavy atom. The molecule has 0 aliphatic heterocycles. The molecule has 0 unspecified atom stereocenters.